The first kappa shape index (κ1) is 10.5. The number of rotatable bonds is 3. The fourth-order valence-corrected chi connectivity index (χ4v) is 1.76. The van der Waals surface area contributed by atoms with Crippen LogP contribution in [0.15, 0.2) is 0 Å². The quantitative estimate of drug-likeness (QED) is 0.565. The molecule has 3 N–H and O–H groups in total. The van der Waals surface area contributed by atoms with E-state index in [9.17, 15) is 4.79 Å². The van der Waals surface area contributed by atoms with Crippen LogP contribution in [-0.2, 0) is 4.79 Å². The number of carbonyl (C=O) groups is 1. The maximum atomic E-state index is 10.8. The van der Waals surface area contributed by atoms with Crippen molar-refractivity contribution < 1.29 is 15.0 Å². The predicted molar refractivity (Wildman–Crippen MR) is 48.1 cm³/mol. The molecule has 1 aliphatic carbocycles. The fraction of sp³-hybridized carbons (Fsp3) is 0.889. The van der Waals surface area contributed by atoms with Gasteiger partial charge in [-0.2, -0.15) is 0 Å². The second kappa shape index (κ2) is 5.19. The monoisotopic (exact) mass is 187 g/mol. The topological polar surface area (TPSA) is 69.6 Å². The average molecular weight is 187 g/mol. The summed E-state index contributed by atoms with van der Waals surface area (Å²) in [4.78, 5) is 10.8. The molecular formula is C9H17NO3. The maximum absolute atomic E-state index is 10.8. The van der Waals surface area contributed by atoms with Crippen molar-refractivity contribution in [2.45, 2.75) is 31.7 Å². The molecule has 0 atom stereocenters. The van der Waals surface area contributed by atoms with Crippen LogP contribution in [0.1, 0.15) is 25.7 Å². The van der Waals surface area contributed by atoms with Gasteiger partial charge >= 0.3 is 0 Å². The van der Waals surface area contributed by atoms with Crippen LogP contribution in [0, 0.1) is 5.92 Å². The van der Waals surface area contributed by atoms with Crippen molar-refractivity contribution >= 4 is 5.91 Å². The Morgan fingerprint density at radius 3 is 2.31 bits per heavy atom. The lowest BCUT2D eigenvalue weighted by molar-refractivity contribution is -0.124. The minimum atomic E-state index is -0.431. The van der Waals surface area contributed by atoms with Gasteiger partial charge in [-0.15, -0.1) is 0 Å². The van der Waals surface area contributed by atoms with Crippen molar-refractivity contribution in [1.29, 1.82) is 0 Å². The molecule has 0 aromatic heterocycles. The van der Waals surface area contributed by atoms with Gasteiger partial charge in [-0.1, -0.05) is 0 Å². The number of nitrogens with one attached hydrogen (secondary N) is 1. The number of hydrogen-bond acceptors (Lipinski definition) is 3. The lowest BCUT2D eigenvalue weighted by Crippen LogP contribution is -2.39. The molecule has 0 aromatic carbocycles. The first-order chi connectivity index (χ1) is 6.26. The Kier molecular flexibility index (Phi) is 4.18. The second-order valence-electron chi connectivity index (χ2n) is 3.63. The van der Waals surface area contributed by atoms with Gasteiger partial charge in [0.25, 0.3) is 0 Å². The molecule has 0 saturated heterocycles. The summed E-state index contributed by atoms with van der Waals surface area (Å²) in [6.45, 7) is -0.180. The minimum absolute atomic E-state index is 0.197. The van der Waals surface area contributed by atoms with Crippen LogP contribution in [-0.4, -0.2) is 35.4 Å². The van der Waals surface area contributed by atoms with Crippen LogP contribution in [0.2, 0.25) is 0 Å². The molecule has 1 fully saturated rings. The number of hydrogen-bond donors (Lipinski definition) is 3. The molecule has 76 valence electrons. The largest absolute Gasteiger partial charge is 0.396 e. The van der Waals surface area contributed by atoms with Crippen molar-refractivity contribution in [2.24, 2.45) is 5.92 Å². The summed E-state index contributed by atoms with van der Waals surface area (Å²) in [5.74, 6) is 0.106. The molecule has 1 amide bonds. The summed E-state index contributed by atoms with van der Waals surface area (Å²) in [5, 5.41) is 20.1. The normalized spacial score (nSPS) is 28.5. The van der Waals surface area contributed by atoms with Gasteiger partial charge in [0.2, 0.25) is 5.91 Å². The zero-order chi connectivity index (χ0) is 9.68. The lowest BCUT2D eigenvalue weighted by atomic mass is 9.86. The van der Waals surface area contributed by atoms with E-state index in [-0.39, 0.29) is 18.6 Å². The summed E-state index contributed by atoms with van der Waals surface area (Å²) in [6, 6.07) is 0.197. The van der Waals surface area contributed by atoms with Crippen molar-refractivity contribution in [2.75, 3.05) is 13.2 Å². The Bertz CT molecular complexity index is 164. The zero-order valence-corrected chi connectivity index (χ0v) is 7.70. The summed E-state index contributed by atoms with van der Waals surface area (Å²) in [5.41, 5.74) is 0. The molecule has 1 saturated carbocycles. The highest BCUT2D eigenvalue weighted by molar-refractivity contribution is 5.77. The van der Waals surface area contributed by atoms with Crippen molar-refractivity contribution in [1.82, 2.24) is 5.32 Å². The Morgan fingerprint density at radius 1 is 1.23 bits per heavy atom. The van der Waals surface area contributed by atoms with E-state index in [1.54, 1.807) is 0 Å². The third-order valence-corrected chi connectivity index (χ3v) is 2.61. The van der Waals surface area contributed by atoms with E-state index in [2.05, 4.69) is 5.32 Å². The summed E-state index contributed by atoms with van der Waals surface area (Å²) < 4.78 is 0. The van der Waals surface area contributed by atoms with Gasteiger partial charge in [0.1, 0.15) is 6.61 Å². The summed E-state index contributed by atoms with van der Waals surface area (Å²) in [6.07, 6.45) is 3.76. The van der Waals surface area contributed by atoms with Gasteiger partial charge in [0, 0.05) is 12.6 Å². The van der Waals surface area contributed by atoms with Crippen LogP contribution >= 0.6 is 0 Å². The van der Waals surface area contributed by atoms with Crippen molar-refractivity contribution in [3.8, 4) is 0 Å². The van der Waals surface area contributed by atoms with E-state index >= 15 is 0 Å². The first-order valence-corrected chi connectivity index (χ1v) is 4.77. The predicted octanol–water partition coefficient (Wildman–Crippen LogP) is -0.354. The molecule has 0 bridgehead atoms. The Labute approximate surface area is 78.0 Å². The molecule has 4 nitrogen and oxygen atoms in total. The Morgan fingerprint density at radius 2 is 1.85 bits per heavy atom. The summed E-state index contributed by atoms with van der Waals surface area (Å²) >= 11 is 0. The van der Waals surface area contributed by atoms with E-state index in [0.717, 1.165) is 25.7 Å². The molecular weight excluding hydrogens is 170 g/mol. The highest BCUT2D eigenvalue weighted by atomic mass is 16.3. The van der Waals surface area contributed by atoms with E-state index in [1.165, 1.54) is 0 Å². The first-order valence-electron chi connectivity index (χ1n) is 4.77. The van der Waals surface area contributed by atoms with Crippen LogP contribution in [0.25, 0.3) is 0 Å². The van der Waals surface area contributed by atoms with Gasteiger partial charge < -0.3 is 15.5 Å². The molecule has 1 rings (SSSR count). The van der Waals surface area contributed by atoms with Gasteiger partial charge in [0.15, 0.2) is 0 Å². The smallest absolute Gasteiger partial charge is 0.245 e. The van der Waals surface area contributed by atoms with Gasteiger partial charge in [-0.25, -0.2) is 0 Å². The molecule has 0 radical (unpaired) electrons. The SMILES string of the molecule is O=C(CO)NC1CCC(CO)CC1. The molecule has 0 aromatic rings. The van der Waals surface area contributed by atoms with Gasteiger partial charge in [-0.3, -0.25) is 4.79 Å². The fourth-order valence-electron chi connectivity index (χ4n) is 1.76. The number of aliphatic hydroxyl groups is 2. The number of amides is 1. The van der Waals surface area contributed by atoms with Gasteiger partial charge in [-0.05, 0) is 31.6 Å². The molecule has 0 spiro atoms. The van der Waals surface area contributed by atoms with E-state index < -0.39 is 6.61 Å². The molecule has 0 heterocycles. The molecule has 4 heteroatoms. The van der Waals surface area contributed by atoms with Gasteiger partial charge in [0.05, 0.1) is 0 Å². The van der Waals surface area contributed by atoms with E-state index in [1.807, 2.05) is 0 Å². The molecule has 13 heavy (non-hydrogen) atoms. The van der Waals surface area contributed by atoms with Crippen LogP contribution in [0.3, 0.4) is 0 Å². The van der Waals surface area contributed by atoms with Crippen LogP contribution in [0.4, 0.5) is 0 Å². The maximum Gasteiger partial charge on any atom is 0.245 e. The zero-order valence-electron chi connectivity index (χ0n) is 7.70. The molecule has 1 aliphatic rings. The minimum Gasteiger partial charge on any atom is -0.396 e. The van der Waals surface area contributed by atoms with Crippen molar-refractivity contribution in [3.05, 3.63) is 0 Å². The molecule has 0 aliphatic heterocycles. The average Bonchev–Trinajstić information content (AvgIpc) is 2.19. The third kappa shape index (κ3) is 3.32. The van der Waals surface area contributed by atoms with Crippen LogP contribution < -0.4 is 5.32 Å². The van der Waals surface area contributed by atoms with Crippen LogP contribution in [0.5, 0.6) is 0 Å². The second-order valence-corrected chi connectivity index (χ2v) is 3.63. The van der Waals surface area contributed by atoms with E-state index in [0.29, 0.717) is 5.92 Å². The summed E-state index contributed by atoms with van der Waals surface area (Å²) in [7, 11) is 0. The Hall–Kier alpha value is -0.610. The highest BCUT2D eigenvalue weighted by Gasteiger charge is 2.21. The third-order valence-electron chi connectivity index (χ3n) is 2.61. The highest BCUT2D eigenvalue weighted by Crippen LogP contribution is 2.23. The number of carbonyl (C=O) groups excluding carboxylic acids is 1. The molecule has 0 unspecified atom stereocenters. The van der Waals surface area contributed by atoms with Crippen molar-refractivity contribution in [3.63, 3.8) is 0 Å². The standard InChI is InChI=1S/C9H17NO3/c11-5-7-1-3-8(4-2-7)10-9(13)6-12/h7-8,11-12H,1-6H2,(H,10,13). The van der Waals surface area contributed by atoms with E-state index in [4.69, 9.17) is 10.2 Å². The number of aliphatic hydroxyl groups excluding tert-OH is 2. The Balaban J connectivity index is 2.21. The lowest BCUT2D eigenvalue weighted by Gasteiger charge is -2.27.